The first-order chi connectivity index (χ1) is 8.16. The molecule has 0 spiro atoms. The maximum atomic E-state index is 13.1. The zero-order valence-electron chi connectivity index (χ0n) is 9.98. The molecule has 2 atom stereocenters. The van der Waals surface area contributed by atoms with Gasteiger partial charge < -0.3 is 5.32 Å². The Labute approximate surface area is 105 Å². The van der Waals surface area contributed by atoms with Crippen LogP contribution in [-0.4, -0.2) is 0 Å². The SMILES string of the molecule is CC(N[C@@H](C)c1cccc(F)c1)c1cccs1. The average Bonchev–Trinajstić information content (AvgIpc) is 2.82. The van der Waals surface area contributed by atoms with Crippen molar-refractivity contribution in [2.75, 3.05) is 0 Å². The minimum atomic E-state index is -0.181. The molecule has 0 aliphatic heterocycles. The van der Waals surface area contributed by atoms with Gasteiger partial charge in [0.05, 0.1) is 0 Å². The van der Waals surface area contributed by atoms with Gasteiger partial charge in [-0.3, -0.25) is 0 Å². The van der Waals surface area contributed by atoms with E-state index in [0.29, 0.717) is 0 Å². The second-order valence-electron chi connectivity index (χ2n) is 4.18. The van der Waals surface area contributed by atoms with Gasteiger partial charge in [-0.2, -0.15) is 0 Å². The predicted molar refractivity (Wildman–Crippen MR) is 70.7 cm³/mol. The highest BCUT2D eigenvalue weighted by Gasteiger charge is 2.11. The van der Waals surface area contributed by atoms with Crippen molar-refractivity contribution in [3.05, 3.63) is 58.0 Å². The molecule has 1 N–H and O–H groups in total. The summed E-state index contributed by atoms with van der Waals surface area (Å²) in [5.41, 5.74) is 0.980. The van der Waals surface area contributed by atoms with Crippen LogP contribution in [0.4, 0.5) is 4.39 Å². The first-order valence-corrected chi connectivity index (χ1v) is 6.59. The van der Waals surface area contributed by atoms with Gasteiger partial charge in [-0.05, 0) is 43.0 Å². The summed E-state index contributed by atoms with van der Waals surface area (Å²) in [5.74, 6) is -0.181. The van der Waals surface area contributed by atoms with Crippen molar-refractivity contribution in [2.24, 2.45) is 0 Å². The molecule has 0 bridgehead atoms. The third-order valence-corrected chi connectivity index (χ3v) is 3.87. The molecule has 0 radical (unpaired) electrons. The molecule has 1 heterocycles. The van der Waals surface area contributed by atoms with Crippen LogP contribution in [0.15, 0.2) is 41.8 Å². The molecule has 2 rings (SSSR count). The molecule has 2 aromatic rings. The van der Waals surface area contributed by atoms with E-state index in [0.717, 1.165) is 5.56 Å². The van der Waals surface area contributed by atoms with Crippen LogP contribution >= 0.6 is 11.3 Å². The van der Waals surface area contributed by atoms with E-state index in [1.54, 1.807) is 23.5 Å². The largest absolute Gasteiger partial charge is 0.303 e. The number of benzene rings is 1. The van der Waals surface area contributed by atoms with Gasteiger partial charge in [0.15, 0.2) is 0 Å². The standard InChI is InChI=1S/C14H16FNS/c1-10(12-5-3-6-13(15)9-12)16-11(2)14-7-4-8-17-14/h3-11,16H,1-2H3/t10-,11?/m0/s1. The van der Waals surface area contributed by atoms with Crippen LogP contribution in [0.2, 0.25) is 0 Å². The molecule has 3 heteroatoms. The Morgan fingerprint density at radius 3 is 2.59 bits per heavy atom. The molecule has 1 unspecified atom stereocenters. The van der Waals surface area contributed by atoms with Gasteiger partial charge in [-0.1, -0.05) is 18.2 Å². The third kappa shape index (κ3) is 3.14. The fraction of sp³-hybridized carbons (Fsp3) is 0.286. The number of halogens is 1. The van der Waals surface area contributed by atoms with E-state index in [1.165, 1.54) is 10.9 Å². The van der Waals surface area contributed by atoms with Gasteiger partial charge in [-0.15, -0.1) is 11.3 Å². The molecule has 0 saturated heterocycles. The molecule has 1 nitrogen and oxygen atoms in total. The summed E-state index contributed by atoms with van der Waals surface area (Å²) in [7, 11) is 0. The van der Waals surface area contributed by atoms with E-state index in [2.05, 4.69) is 30.6 Å². The lowest BCUT2D eigenvalue weighted by Gasteiger charge is -2.19. The second-order valence-corrected chi connectivity index (χ2v) is 5.16. The van der Waals surface area contributed by atoms with Crippen LogP contribution < -0.4 is 5.32 Å². The van der Waals surface area contributed by atoms with Gasteiger partial charge in [0.1, 0.15) is 5.82 Å². The number of nitrogens with one attached hydrogen (secondary N) is 1. The highest BCUT2D eigenvalue weighted by molar-refractivity contribution is 7.10. The van der Waals surface area contributed by atoms with Crippen molar-refractivity contribution in [3.63, 3.8) is 0 Å². The van der Waals surface area contributed by atoms with Gasteiger partial charge in [-0.25, -0.2) is 4.39 Å². The summed E-state index contributed by atoms with van der Waals surface area (Å²) in [6, 6.07) is 11.3. The van der Waals surface area contributed by atoms with Crippen molar-refractivity contribution < 1.29 is 4.39 Å². The number of hydrogen-bond donors (Lipinski definition) is 1. The average molecular weight is 249 g/mol. The van der Waals surface area contributed by atoms with Crippen LogP contribution in [0.5, 0.6) is 0 Å². The van der Waals surface area contributed by atoms with Gasteiger partial charge in [0.2, 0.25) is 0 Å². The zero-order chi connectivity index (χ0) is 12.3. The fourth-order valence-electron chi connectivity index (χ4n) is 1.87. The predicted octanol–water partition coefficient (Wildman–Crippen LogP) is 4.30. The van der Waals surface area contributed by atoms with Crippen LogP contribution in [0.1, 0.15) is 36.4 Å². The fourth-order valence-corrected chi connectivity index (χ4v) is 2.61. The smallest absolute Gasteiger partial charge is 0.123 e. The highest BCUT2D eigenvalue weighted by atomic mass is 32.1. The van der Waals surface area contributed by atoms with Crippen molar-refractivity contribution in [2.45, 2.75) is 25.9 Å². The van der Waals surface area contributed by atoms with E-state index in [-0.39, 0.29) is 17.9 Å². The maximum absolute atomic E-state index is 13.1. The van der Waals surface area contributed by atoms with Crippen molar-refractivity contribution >= 4 is 11.3 Å². The lowest BCUT2D eigenvalue weighted by atomic mass is 10.1. The number of thiophene rings is 1. The topological polar surface area (TPSA) is 12.0 Å². The van der Waals surface area contributed by atoms with E-state index >= 15 is 0 Å². The van der Waals surface area contributed by atoms with Crippen LogP contribution in [0.3, 0.4) is 0 Å². The minimum Gasteiger partial charge on any atom is -0.303 e. The maximum Gasteiger partial charge on any atom is 0.123 e. The van der Waals surface area contributed by atoms with Crippen LogP contribution in [0, 0.1) is 5.82 Å². The Morgan fingerprint density at radius 2 is 1.94 bits per heavy atom. The Morgan fingerprint density at radius 1 is 1.12 bits per heavy atom. The molecule has 0 fully saturated rings. The first kappa shape index (κ1) is 12.3. The Balaban J connectivity index is 2.04. The quantitative estimate of drug-likeness (QED) is 0.852. The summed E-state index contributed by atoms with van der Waals surface area (Å²) in [6.45, 7) is 4.18. The number of rotatable bonds is 4. The molecule has 90 valence electrons. The monoisotopic (exact) mass is 249 g/mol. The van der Waals surface area contributed by atoms with E-state index in [4.69, 9.17) is 0 Å². The third-order valence-electron chi connectivity index (χ3n) is 2.82. The van der Waals surface area contributed by atoms with E-state index < -0.39 is 0 Å². The molecule has 0 saturated carbocycles. The number of hydrogen-bond acceptors (Lipinski definition) is 2. The zero-order valence-corrected chi connectivity index (χ0v) is 10.8. The van der Waals surface area contributed by atoms with E-state index in [9.17, 15) is 4.39 Å². The first-order valence-electron chi connectivity index (χ1n) is 5.71. The molecule has 0 amide bonds. The summed E-state index contributed by atoms with van der Waals surface area (Å²) in [4.78, 5) is 1.30. The molecular formula is C14H16FNS. The summed E-state index contributed by atoms with van der Waals surface area (Å²) in [5, 5.41) is 5.54. The van der Waals surface area contributed by atoms with Gasteiger partial charge in [0, 0.05) is 17.0 Å². The van der Waals surface area contributed by atoms with Gasteiger partial charge >= 0.3 is 0 Å². The normalized spacial score (nSPS) is 14.5. The molecule has 1 aromatic carbocycles. The lowest BCUT2D eigenvalue weighted by Crippen LogP contribution is -2.21. The molecule has 0 aliphatic carbocycles. The van der Waals surface area contributed by atoms with Crippen LogP contribution in [0.25, 0.3) is 0 Å². The minimum absolute atomic E-state index is 0.141. The second kappa shape index (κ2) is 5.43. The Hall–Kier alpha value is -1.19. The Bertz CT molecular complexity index is 467. The van der Waals surface area contributed by atoms with Crippen molar-refractivity contribution in [1.29, 1.82) is 0 Å². The van der Waals surface area contributed by atoms with Gasteiger partial charge in [0.25, 0.3) is 0 Å². The van der Waals surface area contributed by atoms with Crippen molar-refractivity contribution in [3.8, 4) is 0 Å². The molecule has 17 heavy (non-hydrogen) atoms. The van der Waals surface area contributed by atoms with Crippen molar-refractivity contribution in [1.82, 2.24) is 5.32 Å². The highest BCUT2D eigenvalue weighted by Crippen LogP contribution is 2.22. The molecular weight excluding hydrogens is 233 g/mol. The Kier molecular flexibility index (Phi) is 3.92. The summed E-state index contributed by atoms with van der Waals surface area (Å²) < 4.78 is 13.1. The molecule has 0 aliphatic rings. The summed E-state index contributed by atoms with van der Waals surface area (Å²) in [6.07, 6.45) is 0. The summed E-state index contributed by atoms with van der Waals surface area (Å²) >= 11 is 1.73. The van der Waals surface area contributed by atoms with E-state index in [1.807, 2.05) is 12.1 Å². The lowest BCUT2D eigenvalue weighted by molar-refractivity contribution is 0.497. The molecule has 1 aromatic heterocycles. The van der Waals surface area contributed by atoms with Crippen LogP contribution in [-0.2, 0) is 0 Å².